The third kappa shape index (κ3) is 6.07. The van der Waals surface area contributed by atoms with Gasteiger partial charge in [0.15, 0.2) is 0 Å². The highest BCUT2D eigenvalue weighted by molar-refractivity contribution is 8.00. The second-order valence-corrected chi connectivity index (χ2v) is 7.75. The number of carboxylic acids is 1. The highest BCUT2D eigenvalue weighted by Crippen LogP contribution is 2.24. The SMILES string of the molecule is O=C(CSc1cccc(NC(=O)c2ccccc2F)c1)Nc1ccc(Cl)c(C(=O)O)c1. The summed E-state index contributed by atoms with van der Waals surface area (Å²) in [6.45, 7) is 0. The van der Waals surface area contributed by atoms with Crippen LogP contribution in [0.4, 0.5) is 15.8 Å². The second kappa shape index (κ2) is 10.1. The molecule has 0 unspecified atom stereocenters. The first-order chi connectivity index (χ1) is 14.8. The summed E-state index contributed by atoms with van der Waals surface area (Å²) in [6.07, 6.45) is 0. The van der Waals surface area contributed by atoms with Crippen LogP contribution in [0.3, 0.4) is 0 Å². The van der Waals surface area contributed by atoms with Gasteiger partial charge in [0.2, 0.25) is 5.91 Å². The van der Waals surface area contributed by atoms with E-state index in [1.807, 2.05) is 0 Å². The molecular weight excluding hydrogens is 443 g/mol. The second-order valence-electron chi connectivity index (χ2n) is 6.30. The van der Waals surface area contributed by atoms with Crippen molar-refractivity contribution >= 4 is 52.5 Å². The highest BCUT2D eigenvalue weighted by Gasteiger charge is 2.13. The quantitative estimate of drug-likeness (QED) is 0.425. The summed E-state index contributed by atoms with van der Waals surface area (Å²) in [5.41, 5.74) is 0.606. The van der Waals surface area contributed by atoms with Gasteiger partial charge in [-0.1, -0.05) is 29.8 Å². The van der Waals surface area contributed by atoms with Crippen molar-refractivity contribution in [2.75, 3.05) is 16.4 Å². The molecule has 0 aliphatic rings. The molecule has 0 aliphatic heterocycles. The van der Waals surface area contributed by atoms with Crippen LogP contribution in [0.1, 0.15) is 20.7 Å². The molecule has 2 amide bonds. The molecule has 0 aromatic heterocycles. The molecule has 158 valence electrons. The Kier molecular flexibility index (Phi) is 7.28. The molecule has 0 aliphatic carbocycles. The number of carboxylic acid groups (broad SMARTS) is 1. The molecule has 3 aromatic rings. The molecule has 31 heavy (non-hydrogen) atoms. The van der Waals surface area contributed by atoms with E-state index in [1.54, 1.807) is 30.3 Å². The summed E-state index contributed by atoms with van der Waals surface area (Å²) in [5, 5.41) is 14.4. The summed E-state index contributed by atoms with van der Waals surface area (Å²) in [4.78, 5) is 36.3. The number of hydrogen-bond donors (Lipinski definition) is 3. The number of halogens is 2. The Hall–Kier alpha value is -3.36. The van der Waals surface area contributed by atoms with Crippen molar-refractivity contribution in [3.8, 4) is 0 Å². The smallest absolute Gasteiger partial charge is 0.337 e. The van der Waals surface area contributed by atoms with Crippen molar-refractivity contribution < 1.29 is 23.9 Å². The zero-order valence-corrected chi connectivity index (χ0v) is 17.5. The molecule has 0 heterocycles. The first-order valence-electron chi connectivity index (χ1n) is 8.95. The van der Waals surface area contributed by atoms with Gasteiger partial charge in [0.25, 0.3) is 5.91 Å². The molecule has 0 atom stereocenters. The lowest BCUT2D eigenvalue weighted by Crippen LogP contribution is -2.15. The van der Waals surface area contributed by atoms with E-state index in [2.05, 4.69) is 10.6 Å². The van der Waals surface area contributed by atoms with Crippen LogP contribution >= 0.6 is 23.4 Å². The number of aromatic carboxylic acids is 1. The number of thioether (sulfide) groups is 1. The minimum atomic E-state index is -1.19. The lowest BCUT2D eigenvalue weighted by atomic mass is 10.2. The van der Waals surface area contributed by atoms with Crippen molar-refractivity contribution in [3.05, 3.63) is 88.7 Å². The lowest BCUT2D eigenvalue weighted by Gasteiger charge is -2.09. The van der Waals surface area contributed by atoms with Gasteiger partial charge in [-0.2, -0.15) is 0 Å². The van der Waals surface area contributed by atoms with Crippen molar-refractivity contribution in [2.45, 2.75) is 4.90 Å². The molecule has 9 heteroatoms. The molecule has 3 aromatic carbocycles. The Bertz CT molecular complexity index is 1160. The zero-order chi connectivity index (χ0) is 22.4. The number of anilines is 2. The third-order valence-corrected chi connectivity index (χ3v) is 5.38. The lowest BCUT2D eigenvalue weighted by molar-refractivity contribution is -0.113. The zero-order valence-electron chi connectivity index (χ0n) is 15.9. The molecule has 0 saturated heterocycles. The monoisotopic (exact) mass is 458 g/mol. The molecule has 0 radical (unpaired) electrons. The van der Waals surface area contributed by atoms with Crippen molar-refractivity contribution in [1.29, 1.82) is 0 Å². The molecular formula is C22H16ClFN2O4S. The highest BCUT2D eigenvalue weighted by atomic mass is 35.5. The predicted octanol–water partition coefficient (Wildman–Crippen LogP) is 5.16. The van der Waals surface area contributed by atoms with Gasteiger partial charge >= 0.3 is 5.97 Å². The number of rotatable bonds is 7. The molecule has 0 fully saturated rings. The standard InChI is InChI=1S/C22H16ClFN2O4S/c23-18-9-8-14(11-17(18)22(29)30)25-20(27)12-31-15-5-3-4-13(10-15)26-21(28)16-6-1-2-7-19(16)24/h1-11H,12H2,(H,25,27)(H,26,28)(H,29,30). The summed E-state index contributed by atoms with van der Waals surface area (Å²) >= 11 is 7.04. The number of carbonyl (C=O) groups is 3. The van der Waals surface area contributed by atoms with E-state index in [1.165, 1.54) is 48.2 Å². The molecule has 0 bridgehead atoms. The first-order valence-corrected chi connectivity index (χ1v) is 10.3. The maximum absolute atomic E-state index is 13.8. The molecule has 3 N–H and O–H groups in total. The topological polar surface area (TPSA) is 95.5 Å². The minimum Gasteiger partial charge on any atom is -0.478 e. The largest absolute Gasteiger partial charge is 0.478 e. The summed E-state index contributed by atoms with van der Waals surface area (Å²) in [5.74, 6) is -2.67. The fourth-order valence-electron chi connectivity index (χ4n) is 2.62. The van der Waals surface area contributed by atoms with Crippen molar-refractivity contribution in [3.63, 3.8) is 0 Å². The Morgan fingerprint density at radius 1 is 0.903 bits per heavy atom. The predicted molar refractivity (Wildman–Crippen MR) is 119 cm³/mol. The van der Waals surface area contributed by atoms with Crippen molar-refractivity contribution in [1.82, 2.24) is 0 Å². The van der Waals surface area contributed by atoms with Crippen LogP contribution in [0.15, 0.2) is 71.6 Å². The molecule has 0 saturated carbocycles. The van der Waals surface area contributed by atoms with Crippen LogP contribution in [-0.2, 0) is 4.79 Å². The Morgan fingerprint density at radius 2 is 1.65 bits per heavy atom. The summed E-state index contributed by atoms with van der Waals surface area (Å²) in [6, 6.07) is 16.7. The van der Waals surface area contributed by atoms with Crippen LogP contribution in [0.2, 0.25) is 5.02 Å². The van der Waals surface area contributed by atoms with Crippen LogP contribution in [0.5, 0.6) is 0 Å². The van der Waals surface area contributed by atoms with E-state index < -0.39 is 17.7 Å². The number of nitrogens with one attached hydrogen (secondary N) is 2. The number of amides is 2. The van der Waals surface area contributed by atoms with Gasteiger partial charge in [0.05, 0.1) is 21.9 Å². The fourth-order valence-corrected chi connectivity index (χ4v) is 3.57. The Morgan fingerprint density at radius 3 is 2.39 bits per heavy atom. The Labute approximate surface area is 186 Å². The van der Waals surface area contributed by atoms with Gasteiger partial charge in [-0.3, -0.25) is 9.59 Å². The van der Waals surface area contributed by atoms with Crippen LogP contribution in [0, 0.1) is 5.82 Å². The normalized spacial score (nSPS) is 10.4. The number of benzene rings is 3. The van der Waals surface area contributed by atoms with E-state index in [9.17, 15) is 18.8 Å². The van der Waals surface area contributed by atoms with Crippen LogP contribution in [0.25, 0.3) is 0 Å². The number of hydrogen-bond acceptors (Lipinski definition) is 4. The Balaban J connectivity index is 1.59. The van der Waals surface area contributed by atoms with E-state index in [0.717, 1.165) is 0 Å². The first kappa shape index (κ1) is 22.3. The minimum absolute atomic E-state index is 0.0513. The maximum atomic E-state index is 13.8. The number of carbonyl (C=O) groups excluding carboxylic acids is 2. The molecule has 3 rings (SSSR count). The van der Waals surface area contributed by atoms with E-state index in [0.29, 0.717) is 16.3 Å². The average molecular weight is 459 g/mol. The van der Waals surface area contributed by atoms with Gasteiger partial charge in [0.1, 0.15) is 5.82 Å². The van der Waals surface area contributed by atoms with Gasteiger partial charge in [-0.25, -0.2) is 9.18 Å². The van der Waals surface area contributed by atoms with Gasteiger partial charge in [0, 0.05) is 16.3 Å². The van der Waals surface area contributed by atoms with Crippen LogP contribution < -0.4 is 10.6 Å². The van der Waals surface area contributed by atoms with Crippen LogP contribution in [-0.4, -0.2) is 28.6 Å². The summed E-state index contributed by atoms with van der Waals surface area (Å²) < 4.78 is 13.8. The molecule has 0 spiro atoms. The summed E-state index contributed by atoms with van der Waals surface area (Å²) in [7, 11) is 0. The van der Waals surface area contributed by atoms with E-state index in [4.69, 9.17) is 16.7 Å². The van der Waals surface area contributed by atoms with E-state index >= 15 is 0 Å². The third-order valence-electron chi connectivity index (χ3n) is 4.06. The fraction of sp³-hybridized carbons (Fsp3) is 0.0455. The maximum Gasteiger partial charge on any atom is 0.337 e. The van der Waals surface area contributed by atoms with Gasteiger partial charge in [-0.05, 0) is 48.5 Å². The van der Waals surface area contributed by atoms with Crippen molar-refractivity contribution in [2.24, 2.45) is 0 Å². The van der Waals surface area contributed by atoms with E-state index in [-0.39, 0.29) is 27.8 Å². The molecule has 6 nitrogen and oxygen atoms in total. The van der Waals surface area contributed by atoms with Gasteiger partial charge < -0.3 is 15.7 Å². The average Bonchev–Trinajstić information content (AvgIpc) is 2.74. The van der Waals surface area contributed by atoms with Gasteiger partial charge in [-0.15, -0.1) is 11.8 Å².